The van der Waals surface area contributed by atoms with Crippen LogP contribution in [0.25, 0.3) is 0 Å². The number of anilines is 1. The molecule has 1 aromatic carbocycles. The van der Waals surface area contributed by atoms with Crippen molar-refractivity contribution < 1.29 is 4.74 Å². The molecule has 0 aliphatic carbocycles. The van der Waals surface area contributed by atoms with Gasteiger partial charge in [-0.1, -0.05) is 43.6 Å². The summed E-state index contributed by atoms with van der Waals surface area (Å²) in [6.45, 7) is 12.5. The molecule has 0 aromatic heterocycles. The van der Waals surface area contributed by atoms with Gasteiger partial charge in [0, 0.05) is 42.9 Å². The molecule has 0 bridgehead atoms. The molecular formula is C17H29BrN2O. The summed E-state index contributed by atoms with van der Waals surface area (Å²) < 4.78 is 6.40. The number of nitrogens with zero attached hydrogens (tertiary/aromatic N) is 1. The average molecular weight is 357 g/mol. The number of hydrogen-bond acceptors (Lipinski definition) is 3. The Morgan fingerprint density at radius 2 is 1.95 bits per heavy atom. The molecule has 0 heterocycles. The molecule has 0 fully saturated rings. The molecule has 21 heavy (non-hydrogen) atoms. The lowest BCUT2D eigenvalue weighted by Crippen LogP contribution is -2.32. The second-order valence-corrected chi connectivity index (χ2v) is 7.06. The summed E-state index contributed by atoms with van der Waals surface area (Å²) in [5, 5.41) is 3.51. The van der Waals surface area contributed by atoms with Crippen LogP contribution in [0.1, 0.15) is 33.3 Å². The molecule has 0 saturated carbocycles. The lowest BCUT2D eigenvalue weighted by Gasteiger charge is -2.29. The zero-order valence-electron chi connectivity index (χ0n) is 13.9. The third kappa shape index (κ3) is 6.81. The van der Waals surface area contributed by atoms with Crippen molar-refractivity contribution in [1.82, 2.24) is 5.32 Å². The van der Waals surface area contributed by atoms with Crippen LogP contribution in [0.4, 0.5) is 5.69 Å². The van der Waals surface area contributed by atoms with E-state index in [-0.39, 0.29) is 0 Å². The fourth-order valence-corrected chi connectivity index (χ4v) is 2.68. The largest absolute Gasteiger partial charge is 0.383 e. The van der Waals surface area contributed by atoms with Gasteiger partial charge in [0.05, 0.1) is 6.61 Å². The highest BCUT2D eigenvalue weighted by Gasteiger charge is 2.13. The molecular weight excluding hydrogens is 328 g/mol. The minimum absolute atomic E-state index is 0.481. The highest BCUT2D eigenvalue weighted by molar-refractivity contribution is 9.10. The van der Waals surface area contributed by atoms with Crippen molar-refractivity contribution in [3.8, 4) is 0 Å². The molecule has 120 valence electrons. The van der Waals surface area contributed by atoms with Crippen LogP contribution in [0.15, 0.2) is 22.7 Å². The van der Waals surface area contributed by atoms with Crippen LogP contribution in [0, 0.1) is 5.92 Å². The predicted molar refractivity (Wildman–Crippen MR) is 95.0 cm³/mol. The van der Waals surface area contributed by atoms with E-state index >= 15 is 0 Å². The van der Waals surface area contributed by atoms with Gasteiger partial charge in [0.25, 0.3) is 0 Å². The summed E-state index contributed by atoms with van der Waals surface area (Å²) >= 11 is 3.58. The molecule has 0 aliphatic rings. The first-order valence-electron chi connectivity index (χ1n) is 7.69. The van der Waals surface area contributed by atoms with Crippen molar-refractivity contribution in [2.45, 2.75) is 40.3 Å². The normalized spacial score (nSPS) is 11.4. The maximum atomic E-state index is 5.27. The van der Waals surface area contributed by atoms with Gasteiger partial charge in [-0.05, 0) is 29.7 Å². The maximum Gasteiger partial charge on any atom is 0.0637 e. The lowest BCUT2D eigenvalue weighted by atomic mass is 10.1. The van der Waals surface area contributed by atoms with Crippen LogP contribution < -0.4 is 10.2 Å². The third-order valence-electron chi connectivity index (χ3n) is 3.23. The average Bonchev–Trinajstić information content (AvgIpc) is 2.41. The lowest BCUT2D eigenvalue weighted by molar-refractivity contribution is 0.204. The van der Waals surface area contributed by atoms with Gasteiger partial charge in [0.2, 0.25) is 0 Å². The Labute approximate surface area is 138 Å². The Kier molecular flexibility index (Phi) is 8.30. The SMILES string of the molecule is COCCN(CC(C)C)c1ccc(Br)cc1CNC(C)C. The number of methoxy groups -OCH3 is 1. The van der Waals surface area contributed by atoms with Crippen molar-refractivity contribution >= 4 is 21.6 Å². The number of nitrogens with one attached hydrogen (secondary N) is 1. The summed E-state index contributed by atoms with van der Waals surface area (Å²) in [6.07, 6.45) is 0. The molecule has 4 heteroatoms. The van der Waals surface area contributed by atoms with Crippen LogP contribution in [0.2, 0.25) is 0 Å². The van der Waals surface area contributed by atoms with E-state index < -0.39 is 0 Å². The first kappa shape index (κ1) is 18.5. The zero-order valence-corrected chi connectivity index (χ0v) is 15.5. The summed E-state index contributed by atoms with van der Waals surface area (Å²) in [5.74, 6) is 0.622. The molecule has 0 spiro atoms. The van der Waals surface area contributed by atoms with E-state index in [1.807, 2.05) is 0 Å². The minimum atomic E-state index is 0.481. The fourth-order valence-electron chi connectivity index (χ4n) is 2.27. The molecule has 1 rings (SSSR count). The molecule has 1 aromatic rings. The molecule has 0 saturated heterocycles. The summed E-state index contributed by atoms with van der Waals surface area (Å²) in [5.41, 5.74) is 2.63. The van der Waals surface area contributed by atoms with E-state index in [0.717, 1.165) is 30.7 Å². The number of ether oxygens (including phenoxy) is 1. The number of benzene rings is 1. The van der Waals surface area contributed by atoms with Crippen LogP contribution in [0.5, 0.6) is 0 Å². The smallest absolute Gasteiger partial charge is 0.0637 e. The van der Waals surface area contributed by atoms with Gasteiger partial charge in [-0.15, -0.1) is 0 Å². The third-order valence-corrected chi connectivity index (χ3v) is 3.73. The minimum Gasteiger partial charge on any atom is -0.383 e. The summed E-state index contributed by atoms with van der Waals surface area (Å²) in [7, 11) is 1.76. The van der Waals surface area contributed by atoms with E-state index in [0.29, 0.717) is 12.0 Å². The van der Waals surface area contributed by atoms with Gasteiger partial charge < -0.3 is 15.0 Å². The van der Waals surface area contributed by atoms with Crippen LogP contribution >= 0.6 is 15.9 Å². The predicted octanol–water partition coefficient (Wildman–Crippen LogP) is 4.06. The van der Waals surface area contributed by atoms with Gasteiger partial charge in [-0.25, -0.2) is 0 Å². The van der Waals surface area contributed by atoms with E-state index in [1.165, 1.54) is 11.3 Å². The van der Waals surface area contributed by atoms with Crippen molar-refractivity contribution in [2.24, 2.45) is 5.92 Å². The topological polar surface area (TPSA) is 24.5 Å². The van der Waals surface area contributed by atoms with E-state index in [9.17, 15) is 0 Å². The van der Waals surface area contributed by atoms with Crippen molar-refractivity contribution in [2.75, 3.05) is 31.7 Å². The van der Waals surface area contributed by atoms with Crippen LogP contribution in [0.3, 0.4) is 0 Å². The summed E-state index contributed by atoms with van der Waals surface area (Å²) in [4.78, 5) is 2.43. The first-order valence-corrected chi connectivity index (χ1v) is 8.49. The quantitative estimate of drug-likeness (QED) is 0.721. The van der Waals surface area contributed by atoms with E-state index in [2.05, 4.69) is 72.0 Å². The highest BCUT2D eigenvalue weighted by atomic mass is 79.9. The Balaban J connectivity index is 2.98. The van der Waals surface area contributed by atoms with E-state index in [4.69, 9.17) is 4.74 Å². The van der Waals surface area contributed by atoms with Crippen LogP contribution in [-0.2, 0) is 11.3 Å². The van der Waals surface area contributed by atoms with Crippen LogP contribution in [-0.4, -0.2) is 32.8 Å². The molecule has 0 amide bonds. The van der Waals surface area contributed by atoms with Gasteiger partial charge in [-0.3, -0.25) is 0 Å². The number of hydrogen-bond donors (Lipinski definition) is 1. The zero-order chi connectivity index (χ0) is 15.8. The van der Waals surface area contributed by atoms with Gasteiger partial charge in [0.1, 0.15) is 0 Å². The number of rotatable bonds is 9. The molecule has 0 atom stereocenters. The first-order chi connectivity index (χ1) is 9.93. The Morgan fingerprint density at radius 3 is 2.52 bits per heavy atom. The van der Waals surface area contributed by atoms with Crippen molar-refractivity contribution in [1.29, 1.82) is 0 Å². The molecule has 3 nitrogen and oxygen atoms in total. The van der Waals surface area contributed by atoms with E-state index in [1.54, 1.807) is 7.11 Å². The van der Waals surface area contributed by atoms with Gasteiger partial charge >= 0.3 is 0 Å². The molecule has 1 N–H and O–H groups in total. The standard InChI is InChI=1S/C17H29BrN2O/c1-13(2)12-20(8-9-21-5)17-7-6-16(18)10-15(17)11-19-14(3)4/h6-7,10,13-14,19H,8-9,11-12H2,1-5H3. The van der Waals surface area contributed by atoms with Gasteiger partial charge in [0.15, 0.2) is 0 Å². The van der Waals surface area contributed by atoms with Crippen molar-refractivity contribution in [3.05, 3.63) is 28.2 Å². The molecule has 0 aliphatic heterocycles. The van der Waals surface area contributed by atoms with Gasteiger partial charge in [-0.2, -0.15) is 0 Å². The Hall–Kier alpha value is -0.580. The molecule has 0 radical (unpaired) electrons. The monoisotopic (exact) mass is 356 g/mol. The molecule has 0 unspecified atom stereocenters. The maximum absolute atomic E-state index is 5.27. The fraction of sp³-hybridized carbons (Fsp3) is 0.647. The van der Waals surface area contributed by atoms with Crippen molar-refractivity contribution in [3.63, 3.8) is 0 Å². The second kappa shape index (κ2) is 9.44. The highest BCUT2D eigenvalue weighted by Crippen LogP contribution is 2.25. The number of halogens is 1. The Morgan fingerprint density at radius 1 is 1.24 bits per heavy atom. The summed E-state index contributed by atoms with van der Waals surface area (Å²) in [6, 6.07) is 7.02. The Bertz CT molecular complexity index is 421. The second-order valence-electron chi connectivity index (χ2n) is 6.14.